The molecule has 1 aliphatic carbocycles. The SMILES string of the molecule is CC1(C2CCCCC2)OC(=S)ONC1=O. The number of carbonyl (C=O) groups excluding carboxylic acids is 1. The van der Waals surface area contributed by atoms with Crippen LogP contribution in [0.3, 0.4) is 0 Å². The van der Waals surface area contributed by atoms with Crippen LogP contribution in [0.25, 0.3) is 0 Å². The number of amides is 1. The summed E-state index contributed by atoms with van der Waals surface area (Å²) in [5, 5.41) is 0.0164. The molecular weight excluding hydrogens is 214 g/mol. The molecule has 1 atom stereocenters. The lowest BCUT2D eigenvalue weighted by Gasteiger charge is -2.40. The van der Waals surface area contributed by atoms with Crippen molar-refractivity contribution in [2.24, 2.45) is 5.92 Å². The Bertz CT molecular complexity index is 288. The van der Waals surface area contributed by atoms with Gasteiger partial charge in [-0.1, -0.05) is 19.3 Å². The van der Waals surface area contributed by atoms with Crippen molar-refractivity contribution in [1.29, 1.82) is 0 Å². The molecule has 1 amide bonds. The molecule has 1 heterocycles. The van der Waals surface area contributed by atoms with Crippen LogP contribution in [-0.4, -0.2) is 16.7 Å². The fourth-order valence-corrected chi connectivity index (χ4v) is 2.57. The van der Waals surface area contributed by atoms with Crippen LogP contribution in [0.4, 0.5) is 0 Å². The highest BCUT2D eigenvalue weighted by molar-refractivity contribution is 7.79. The summed E-state index contributed by atoms with van der Waals surface area (Å²) in [5.74, 6) is 0.0242. The van der Waals surface area contributed by atoms with Crippen LogP contribution in [0.15, 0.2) is 0 Å². The van der Waals surface area contributed by atoms with Crippen molar-refractivity contribution < 1.29 is 14.4 Å². The molecule has 0 bridgehead atoms. The van der Waals surface area contributed by atoms with Crippen molar-refractivity contribution in [3.63, 3.8) is 0 Å². The number of carbonyl (C=O) groups is 1. The lowest BCUT2D eigenvalue weighted by atomic mass is 9.77. The van der Waals surface area contributed by atoms with Crippen LogP contribution in [0.2, 0.25) is 0 Å². The van der Waals surface area contributed by atoms with Crippen molar-refractivity contribution in [3.8, 4) is 0 Å². The van der Waals surface area contributed by atoms with Crippen LogP contribution in [0, 0.1) is 5.92 Å². The molecule has 1 N–H and O–H groups in total. The topological polar surface area (TPSA) is 47.6 Å². The summed E-state index contributed by atoms with van der Waals surface area (Å²) in [5.41, 5.74) is 1.48. The van der Waals surface area contributed by atoms with Gasteiger partial charge in [0.25, 0.3) is 5.91 Å². The Balaban J connectivity index is 2.14. The molecule has 0 aromatic rings. The first-order valence-electron chi connectivity index (χ1n) is 5.33. The zero-order chi connectivity index (χ0) is 10.9. The van der Waals surface area contributed by atoms with E-state index in [4.69, 9.17) is 17.0 Å². The third kappa shape index (κ3) is 1.93. The Labute approximate surface area is 94.3 Å². The maximum atomic E-state index is 11.7. The average Bonchev–Trinajstić information content (AvgIpc) is 2.25. The van der Waals surface area contributed by atoms with Crippen molar-refractivity contribution in [1.82, 2.24) is 5.48 Å². The summed E-state index contributed by atoms with van der Waals surface area (Å²) in [6.07, 6.45) is 5.60. The van der Waals surface area contributed by atoms with E-state index in [1.165, 1.54) is 6.42 Å². The minimum Gasteiger partial charge on any atom is -0.439 e. The number of ether oxygens (including phenoxy) is 1. The second-order valence-corrected chi connectivity index (χ2v) is 4.66. The Morgan fingerprint density at radius 3 is 2.73 bits per heavy atom. The lowest BCUT2D eigenvalue weighted by molar-refractivity contribution is -0.165. The van der Waals surface area contributed by atoms with Gasteiger partial charge in [-0.2, -0.15) is 5.48 Å². The standard InChI is InChI=1S/C10H15NO3S/c1-10(7-5-3-2-4-6-7)8(12)11-14-9(15)13-10/h7H,2-6H2,1H3,(H,11,12). The Morgan fingerprint density at radius 2 is 2.07 bits per heavy atom. The normalized spacial score (nSPS) is 32.9. The van der Waals surface area contributed by atoms with Crippen LogP contribution in [0.1, 0.15) is 39.0 Å². The predicted molar refractivity (Wildman–Crippen MR) is 57.9 cm³/mol. The summed E-state index contributed by atoms with van der Waals surface area (Å²) < 4.78 is 5.42. The van der Waals surface area contributed by atoms with Crippen LogP contribution < -0.4 is 5.48 Å². The van der Waals surface area contributed by atoms with Crippen molar-refractivity contribution in [2.75, 3.05) is 0 Å². The van der Waals surface area contributed by atoms with E-state index in [9.17, 15) is 4.79 Å². The molecule has 84 valence electrons. The number of thiocarbonyl (C=S) groups is 1. The fourth-order valence-electron chi connectivity index (χ4n) is 2.35. The van der Waals surface area contributed by atoms with Gasteiger partial charge in [-0.05, 0) is 19.8 Å². The zero-order valence-corrected chi connectivity index (χ0v) is 9.56. The van der Waals surface area contributed by atoms with Gasteiger partial charge in [0.05, 0.1) is 0 Å². The molecule has 0 spiro atoms. The van der Waals surface area contributed by atoms with E-state index in [1.54, 1.807) is 6.92 Å². The van der Waals surface area contributed by atoms with Gasteiger partial charge in [-0.3, -0.25) is 4.79 Å². The molecule has 0 aromatic heterocycles. The number of hydroxylamine groups is 1. The zero-order valence-electron chi connectivity index (χ0n) is 8.75. The number of hydrogen-bond donors (Lipinski definition) is 1. The van der Waals surface area contributed by atoms with E-state index in [0.29, 0.717) is 0 Å². The molecule has 2 aliphatic rings. The second-order valence-electron chi connectivity index (χ2n) is 4.33. The van der Waals surface area contributed by atoms with Crippen LogP contribution in [-0.2, 0) is 14.4 Å². The van der Waals surface area contributed by atoms with E-state index in [-0.39, 0.29) is 17.1 Å². The third-order valence-corrected chi connectivity index (χ3v) is 3.52. The predicted octanol–water partition coefficient (Wildman–Crippen LogP) is 1.69. The average molecular weight is 229 g/mol. The number of nitrogens with one attached hydrogen (secondary N) is 1. The van der Waals surface area contributed by atoms with Gasteiger partial charge < -0.3 is 9.57 Å². The molecule has 1 saturated carbocycles. The first kappa shape index (κ1) is 10.7. The second kappa shape index (κ2) is 3.96. The highest BCUT2D eigenvalue weighted by Gasteiger charge is 2.47. The van der Waals surface area contributed by atoms with Crippen LogP contribution >= 0.6 is 12.2 Å². The summed E-state index contributed by atoms with van der Waals surface area (Å²) in [7, 11) is 0. The van der Waals surface area contributed by atoms with Gasteiger partial charge in [0.1, 0.15) is 0 Å². The molecule has 15 heavy (non-hydrogen) atoms. The summed E-state index contributed by atoms with van der Waals surface area (Å²) in [6.45, 7) is 1.80. The van der Waals surface area contributed by atoms with Gasteiger partial charge in [0.15, 0.2) is 5.60 Å². The molecule has 0 radical (unpaired) electrons. The minimum atomic E-state index is -0.838. The van der Waals surface area contributed by atoms with E-state index in [2.05, 4.69) is 10.3 Å². The molecule has 1 saturated heterocycles. The highest BCUT2D eigenvalue weighted by atomic mass is 32.1. The molecule has 2 fully saturated rings. The maximum absolute atomic E-state index is 11.7. The summed E-state index contributed by atoms with van der Waals surface area (Å²) >= 11 is 4.82. The number of rotatable bonds is 1. The Morgan fingerprint density at radius 1 is 1.40 bits per heavy atom. The first-order chi connectivity index (χ1) is 7.13. The lowest BCUT2D eigenvalue weighted by Crippen LogP contribution is -2.57. The summed E-state index contributed by atoms with van der Waals surface area (Å²) in [4.78, 5) is 16.4. The van der Waals surface area contributed by atoms with Crippen molar-refractivity contribution in [2.45, 2.75) is 44.6 Å². The van der Waals surface area contributed by atoms with E-state index in [0.717, 1.165) is 25.7 Å². The molecule has 4 nitrogen and oxygen atoms in total. The fraction of sp³-hybridized carbons (Fsp3) is 0.800. The van der Waals surface area contributed by atoms with E-state index in [1.807, 2.05) is 0 Å². The first-order valence-corrected chi connectivity index (χ1v) is 5.74. The molecule has 1 unspecified atom stereocenters. The monoisotopic (exact) mass is 229 g/mol. The van der Waals surface area contributed by atoms with Gasteiger partial charge in [0, 0.05) is 18.1 Å². The Kier molecular flexibility index (Phi) is 2.82. The molecule has 1 aliphatic heterocycles. The van der Waals surface area contributed by atoms with Crippen LogP contribution in [0.5, 0.6) is 0 Å². The largest absolute Gasteiger partial charge is 0.439 e. The maximum Gasteiger partial charge on any atom is 0.378 e. The van der Waals surface area contributed by atoms with Crippen molar-refractivity contribution in [3.05, 3.63) is 0 Å². The molecule has 2 rings (SSSR count). The quantitative estimate of drug-likeness (QED) is 0.695. The minimum absolute atomic E-state index is 0.0164. The summed E-state index contributed by atoms with van der Waals surface area (Å²) in [6, 6.07) is 0. The number of hydrogen-bond acceptors (Lipinski definition) is 4. The smallest absolute Gasteiger partial charge is 0.378 e. The van der Waals surface area contributed by atoms with Gasteiger partial charge in [-0.25, -0.2) is 0 Å². The van der Waals surface area contributed by atoms with Crippen molar-refractivity contribution >= 4 is 23.4 Å². The van der Waals surface area contributed by atoms with E-state index < -0.39 is 5.60 Å². The van der Waals surface area contributed by atoms with Gasteiger partial charge >= 0.3 is 5.24 Å². The van der Waals surface area contributed by atoms with Gasteiger partial charge in [-0.15, -0.1) is 0 Å². The molecular formula is C10H15NO3S. The van der Waals surface area contributed by atoms with Gasteiger partial charge in [0.2, 0.25) is 0 Å². The third-order valence-electron chi connectivity index (χ3n) is 3.36. The Hall–Kier alpha value is -0.840. The molecule has 0 aromatic carbocycles. The highest BCUT2D eigenvalue weighted by Crippen LogP contribution is 2.36. The molecule has 5 heteroatoms. The van der Waals surface area contributed by atoms with E-state index >= 15 is 0 Å².